The van der Waals surface area contributed by atoms with Gasteiger partial charge in [0.2, 0.25) is 10.0 Å². The van der Waals surface area contributed by atoms with Crippen molar-refractivity contribution in [3.8, 4) is 5.69 Å². The maximum atomic E-state index is 12.3. The lowest BCUT2D eigenvalue weighted by atomic mass is 10.0. The Hall–Kier alpha value is -1.70. The molecule has 22 heavy (non-hydrogen) atoms. The Bertz CT molecular complexity index is 706. The summed E-state index contributed by atoms with van der Waals surface area (Å²) < 4.78 is 28.9. The average molecular weight is 320 g/mol. The van der Waals surface area contributed by atoms with Gasteiger partial charge in [0.05, 0.1) is 18.1 Å². The van der Waals surface area contributed by atoms with E-state index in [9.17, 15) is 8.42 Å². The first-order chi connectivity index (χ1) is 10.6. The molecule has 1 aliphatic heterocycles. The van der Waals surface area contributed by atoms with Crippen molar-refractivity contribution in [2.24, 2.45) is 5.92 Å². The van der Waals surface area contributed by atoms with Crippen LogP contribution in [0.4, 0.5) is 0 Å². The molecule has 2 heterocycles. The van der Waals surface area contributed by atoms with Gasteiger partial charge in [0, 0.05) is 6.54 Å². The fourth-order valence-electron chi connectivity index (χ4n) is 2.58. The highest BCUT2D eigenvalue weighted by molar-refractivity contribution is 7.89. The van der Waals surface area contributed by atoms with Crippen LogP contribution in [-0.4, -0.2) is 37.8 Å². The SMILES string of the molecule is O=S(=O)(NCC1CCCNC1)c1cnn(-c2ccccc2)c1. The lowest BCUT2D eigenvalue weighted by molar-refractivity contribution is 0.376. The van der Waals surface area contributed by atoms with Crippen molar-refractivity contribution in [2.45, 2.75) is 17.7 Å². The Labute approximate surface area is 130 Å². The molecule has 7 heteroatoms. The quantitative estimate of drug-likeness (QED) is 0.866. The molecule has 1 fully saturated rings. The van der Waals surface area contributed by atoms with Crippen LogP contribution in [0.15, 0.2) is 47.6 Å². The second-order valence-electron chi connectivity index (χ2n) is 5.52. The van der Waals surface area contributed by atoms with Crippen LogP contribution in [0.2, 0.25) is 0 Å². The van der Waals surface area contributed by atoms with E-state index < -0.39 is 10.0 Å². The fourth-order valence-corrected chi connectivity index (χ4v) is 3.62. The molecule has 6 nitrogen and oxygen atoms in total. The molecule has 0 amide bonds. The summed E-state index contributed by atoms with van der Waals surface area (Å²) in [4.78, 5) is 0.195. The molecule has 118 valence electrons. The summed E-state index contributed by atoms with van der Waals surface area (Å²) in [6, 6.07) is 9.44. The van der Waals surface area contributed by atoms with Gasteiger partial charge in [-0.25, -0.2) is 17.8 Å². The molecular formula is C15H20N4O2S. The van der Waals surface area contributed by atoms with Gasteiger partial charge in [0.1, 0.15) is 4.90 Å². The molecule has 1 aromatic heterocycles. The molecule has 0 radical (unpaired) electrons. The maximum Gasteiger partial charge on any atom is 0.243 e. The van der Waals surface area contributed by atoms with Gasteiger partial charge in [-0.15, -0.1) is 0 Å². The average Bonchev–Trinajstić information content (AvgIpc) is 3.06. The lowest BCUT2D eigenvalue weighted by Gasteiger charge is -2.22. The highest BCUT2D eigenvalue weighted by atomic mass is 32.2. The molecule has 1 saturated heterocycles. The topological polar surface area (TPSA) is 76.0 Å². The van der Waals surface area contributed by atoms with E-state index in [1.165, 1.54) is 12.4 Å². The molecule has 0 aliphatic carbocycles. The van der Waals surface area contributed by atoms with E-state index in [1.54, 1.807) is 4.68 Å². The van der Waals surface area contributed by atoms with E-state index in [-0.39, 0.29) is 4.90 Å². The Morgan fingerprint density at radius 2 is 2.14 bits per heavy atom. The first-order valence-corrected chi connectivity index (χ1v) is 8.94. The van der Waals surface area contributed by atoms with E-state index in [4.69, 9.17) is 0 Å². The van der Waals surface area contributed by atoms with Gasteiger partial charge in [-0.05, 0) is 44.0 Å². The Morgan fingerprint density at radius 1 is 1.32 bits per heavy atom. The number of aromatic nitrogens is 2. The van der Waals surface area contributed by atoms with Gasteiger partial charge < -0.3 is 5.32 Å². The molecule has 2 aromatic rings. The maximum absolute atomic E-state index is 12.3. The van der Waals surface area contributed by atoms with Gasteiger partial charge in [-0.3, -0.25) is 0 Å². The standard InChI is InChI=1S/C15H20N4O2S/c20-22(21,18-10-13-5-4-8-16-9-13)15-11-17-19(12-15)14-6-2-1-3-7-14/h1-3,6-7,11-13,16,18H,4-5,8-10H2. The molecule has 1 aromatic carbocycles. The van der Waals surface area contributed by atoms with E-state index in [1.807, 2.05) is 30.3 Å². The first-order valence-electron chi connectivity index (χ1n) is 7.46. The van der Waals surface area contributed by atoms with Crippen LogP contribution >= 0.6 is 0 Å². The first kappa shape index (κ1) is 15.2. The lowest BCUT2D eigenvalue weighted by Crippen LogP contribution is -2.38. The van der Waals surface area contributed by atoms with Crippen molar-refractivity contribution >= 4 is 10.0 Å². The molecule has 1 atom stereocenters. The van der Waals surface area contributed by atoms with Gasteiger partial charge >= 0.3 is 0 Å². The van der Waals surface area contributed by atoms with Gasteiger partial charge in [-0.1, -0.05) is 18.2 Å². The number of hydrogen-bond acceptors (Lipinski definition) is 4. The third-order valence-electron chi connectivity index (χ3n) is 3.85. The minimum absolute atomic E-state index is 0.195. The summed E-state index contributed by atoms with van der Waals surface area (Å²) in [5, 5.41) is 7.42. The van der Waals surface area contributed by atoms with Gasteiger partial charge in [0.25, 0.3) is 0 Å². The zero-order valence-electron chi connectivity index (χ0n) is 12.3. The smallest absolute Gasteiger partial charge is 0.243 e. The zero-order valence-corrected chi connectivity index (χ0v) is 13.1. The number of rotatable bonds is 5. The third kappa shape index (κ3) is 3.55. The summed E-state index contributed by atoms with van der Waals surface area (Å²) in [7, 11) is -3.51. The molecule has 0 spiro atoms. The van der Waals surface area contributed by atoms with Crippen LogP contribution in [-0.2, 0) is 10.0 Å². The molecule has 2 N–H and O–H groups in total. The van der Waals surface area contributed by atoms with Crippen molar-refractivity contribution < 1.29 is 8.42 Å². The third-order valence-corrected chi connectivity index (χ3v) is 5.23. The number of sulfonamides is 1. The number of para-hydroxylation sites is 1. The summed E-state index contributed by atoms with van der Waals surface area (Å²) in [6.07, 6.45) is 5.07. The van der Waals surface area contributed by atoms with Gasteiger partial charge in [-0.2, -0.15) is 5.10 Å². The minimum Gasteiger partial charge on any atom is -0.316 e. The van der Waals surface area contributed by atoms with Crippen LogP contribution in [0.5, 0.6) is 0 Å². The number of nitrogens with one attached hydrogen (secondary N) is 2. The van der Waals surface area contributed by atoms with E-state index in [0.717, 1.165) is 31.6 Å². The molecular weight excluding hydrogens is 300 g/mol. The largest absolute Gasteiger partial charge is 0.316 e. The number of hydrogen-bond donors (Lipinski definition) is 2. The van der Waals surface area contributed by atoms with E-state index in [2.05, 4.69) is 15.1 Å². The zero-order chi connectivity index (χ0) is 15.4. The summed E-state index contributed by atoms with van der Waals surface area (Å²) in [6.45, 7) is 2.35. The van der Waals surface area contributed by atoms with Crippen molar-refractivity contribution in [1.29, 1.82) is 0 Å². The van der Waals surface area contributed by atoms with Crippen molar-refractivity contribution in [1.82, 2.24) is 19.8 Å². The number of benzene rings is 1. The summed E-state index contributed by atoms with van der Waals surface area (Å²) >= 11 is 0. The second kappa shape index (κ2) is 6.60. The summed E-state index contributed by atoms with van der Waals surface area (Å²) in [5.41, 5.74) is 0.834. The molecule has 0 bridgehead atoms. The Kier molecular flexibility index (Phi) is 4.56. The highest BCUT2D eigenvalue weighted by Gasteiger charge is 2.20. The Morgan fingerprint density at radius 3 is 2.86 bits per heavy atom. The van der Waals surface area contributed by atoms with Crippen molar-refractivity contribution in [3.63, 3.8) is 0 Å². The van der Waals surface area contributed by atoms with Crippen molar-refractivity contribution in [3.05, 3.63) is 42.7 Å². The molecule has 3 rings (SSSR count). The highest BCUT2D eigenvalue weighted by Crippen LogP contribution is 2.14. The Balaban J connectivity index is 1.68. The van der Waals surface area contributed by atoms with Crippen LogP contribution in [0.3, 0.4) is 0 Å². The number of piperidine rings is 1. The molecule has 0 saturated carbocycles. The molecule has 1 aliphatic rings. The van der Waals surface area contributed by atoms with Crippen LogP contribution < -0.4 is 10.0 Å². The predicted octanol–water partition coefficient (Wildman–Crippen LogP) is 1.15. The van der Waals surface area contributed by atoms with E-state index in [0.29, 0.717) is 12.5 Å². The second-order valence-corrected chi connectivity index (χ2v) is 7.29. The predicted molar refractivity (Wildman–Crippen MR) is 84.3 cm³/mol. The minimum atomic E-state index is -3.51. The fraction of sp³-hybridized carbons (Fsp3) is 0.400. The van der Waals surface area contributed by atoms with E-state index >= 15 is 0 Å². The summed E-state index contributed by atoms with van der Waals surface area (Å²) in [5.74, 6) is 0.354. The van der Waals surface area contributed by atoms with Crippen LogP contribution in [0.25, 0.3) is 5.69 Å². The monoisotopic (exact) mass is 320 g/mol. The normalized spacial score (nSPS) is 19.2. The van der Waals surface area contributed by atoms with Gasteiger partial charge in [0.15, 0.2) is 0 Å². The van der Waals surface area contributed by atoms with Crippen LogP contribution in [0.1, 0.15) is 12.8 Å². The van der Waals surface area contributed by atoms with Crippen LogP contribution in [0, 0.1) is 5.92 Å². The van der Waals surface area contributed by atoms with Crippen molar-refractivity contribution in [2.75, 3.05) is 19.6 Å². The number of nitrogens with zero attached hydrogens (tertiary/aromatic N) is 2. The molecule has 1 unspecified atom stereocenters.